The molecule has 0 aliphatic carbocycles. The summed E-state index contributed by atoms with van der Waals surface area (Å²) in [7, 11) is 4.06. The molecule has 0 radical (unpaired) electrons. The number of benzene rings is 2. The molecule has 0 bridgehead atoms. The molecule has 0 fully saturated rings. The molecule has 0 atom stereocenters. The van der Waals surface area contributed by atoms with Gasteiger partial charge in [0.05, 0.1) is 12.2 Å². The van der Waals surface area contributed by atoms with E-state index < -0.39 is 0 Å². The van der Waals surface area contributed by atoms with E-state index in [1.807, 2.05) is 79.6 Å². The Morgan fingerprint density at radius 2 is 1.76 bits per heavy atom. The van der Waals surface area contributed by atoms with Crippen LogP contribution >= 0.6 is 0 Å². The van der Waals surface area contributed by atoms with Gasteiger partial charge in [0, 0.05) is 29.9 Å². The van der Waals surface area contributed by atoms with Crippen LogP contribution < -0.4 is 5.32 Å². The lowest BCUT2D eigenvalue weighted by molar-refractivity contribution is -0.116. The van der Waals surface area contributed by atoms with Crippen LogP contribution in [0.5, 0.6) is 0 Å². The summed E-state index contributed by atoms with van der Waals surface area (Å²) in [6.45, 7) is 2.31. The number of amides is 1. The second-order valence-corrected chi connectivity index (χ2v) is 7.26. The maximum absolute atomic E-state index is 12.2. The Morgan fingerprint density at radius 1 is 1.07 bits per heavy atom. The summed E-state index contributed by atoms with van der Waals surface area (Å²) in [5, 5.41) is 7.71. The molecule has 3 aromatic rings. The minimum absolute atomic E-state index is 0.0847. The molecule has 0 aliphatic rings. The molecule has 0 unspecified atom stereocenters. The zero-order chi connectivity index (χ0) is 20.5. The van der Waals surface area contributed by atoms with Crippen LogP contribution in [0.2, 0.25) is 0 Å². The summed E-state index contributed by atoms with van der Waals surface area (Å²) in [4.78, 5) is 14.3. The molecule has 0 aliphatic heterocycles. The van der Waals surface area contributed by atoms with Crippen LogP contribution in [-0.4, -0.2) is 47.8 Å². The van der Waals surface area contributed by atoms with Gasteiger partial charge in [0.25, 0.3) is 0 Å². The molecular weight excluding hydrogens is 360 g/mol. The average molecular weight is 389 g/mol. The summed E-state index contributed by atoms with van der Waals surface area (Å²) in [5.41, 5.74) is 4.02. The van der Waals surface area contributed by atoms with Crippen molar-refractivity contribution in [3.63, 3.8) is 0 Å². The van der Waals surface area contributed by atoms with Gasteiger partial charge in [-0.05, 0) is 38.7 Å². The molecule has 0 saturated carbocycles. The first-order valence-corrected chi connectivity index (χ1v) is 9.89. The van der Waals surface area contributed by atoms with Crippen molar-refractivity contribution in [3.05, 3.63) is 84.1 Å². The molecule has 5 heteroatoms. The van der Waals surface area contributed by atoms with Gasteiger partial charge in [-0.15, -0.1) is 0 Å². The molecule has 150 valence electrons. The minimum Gasteiger partial charge on any atom is -0.353 e. The van der Waals surface area contributed by atoms with Crippen LogP contribution in [0, 0.1) is 0 Å². The Labute approximate surface area is 172 Å². The molecule has 1 aromatic heterocycles. The molecule has 2 aromatic carbocycles. The van der Waals surface area contributed by atoms with Crippen LogP contribution in [0.15, 0.2) is 72.9 Å². The maximum Gasteiger partial charge on any atom is 0.244 e. The van der Waals surface area contributed by atoms with Crippen molar-refractivity contribution < 1.29 is 4.79 Å². The Hall–Kier alpha value is -3.18. The second-order valence-electron chi connectivity index (χ2n) is 7.26. The Morgan fingerprint density at radius 3 is 2.45 bits per heavy atom. The van der Waals surface area contributed by atoms with Crippen LogP contribution in [0.3, 0.4) is 0 Å². The van der Waals surface area contributed by atoms with Crippen molar-refractivity contribution in [1.82, 2.24) is 20.0 Å². The summed E-state index contributed by atoms with van der Waals surface area (Å²) in [6, 6.07) is 20.3. The summed E-state index contributed by atoms with van der Waals surface area (Å²) in [6.07, 6.45) is 6.35. The number of nitrogens with zero attached hydrogens (tertiary/aromatic N) is 3. The molecule has 0 spiro atoms. The van der Waals surface area contributed by atoms with Crippen LogP contribution in [0.1, 0.15) is 17.5 Å². The van der Waals surface area contributed by atoms with Crippen LogP contribution in [-0.2, 0) is 11.3 Å². The van der Waals surface area contributed by atoms with Gasteiger partial charge in [0.1, 0.15) is 0 Å². The highest BCUT2D eigenvalue weighted by molar-refractivity contribution is 5.92. The number of rotatable bonds is 9. The highest BCUT2D eigenvalue weighted by Crippen LogP contribution is 2.23. The van der Waals surface area contributed by atoms with Crippen molar-refractivity contribution in [2.75, 3.05) is 27.2 Å². The summed E-state index contributed by atoms with van der Waals surface area (Å²) >= 11 is 0. The fraction of sp³-hybridized carbons (Fsp3) is 0.250. The van der Waals surface area contributed by atoms with E-state index in [0.29, 0.717) is 13.1 Å². The van der Waals surface area contributed by atoms with Crippen molar-refractivity contribution in [2.45, 2.75) is 13.0 Å². The number of carbonyl (C=O) groups is 1. The molecule has 1 amide bonds. The van der Waals surface area contributed by atoms with Gasteiger partial charge in [0.2, 0.25) is 5.91 Å². The zero-order valence-corrected chi connectivity index (χ0v) is 17.1. The predicted molar refractivity (Wildman–Crippen MR) is 118 cm³/mol. The van der Waals surface area contributed by atoms with Gasteiger partial charge in [-0.25, -0.2) is 0 Å². The Balaban J connectivity index is 1.74. The Bertz CT molecular complexity index is 930. The number of aromatic nitrogens is 2. The summed E-state index contributed by atoms with van der Waals surface area (Å²) in [5.74, 6) is -0.0847. The van der Waals surface area contributed by atoms with Gasteiger partial charge in [-0.1, -0.05) is 60.7 Å². The van der Waals surface area contributed by atoms with Crippen LogP contribution in [0.25, 0.3) is 17.3 Å². The van der Waals surface area contributed by atoms with E-state index in [-0.39, 0.29) is 5.91 Å². The first kappa shape index (κ1) is 20.6. The van der Waals surface area contributed by atoms with Crippen LogP contribution in [0.4, 0.5) is 0 Å². The lowest BCUT2D eigenvalue weighted by atomic mass is 10.1. The fourth-order valence-electron chi connectivity index (χ4n) is 3.06. The highest BCUT2D eigenvalue weighted by atomic mass is 16.1. The van der Waals surface area contributed by atoms with Gasteiger partial charge in [0.15, 0.2) is 0 Å². The highest BCUT2D eigenvalue weighted by Gasteiger charge is 2.10. The lowest BCUT2D eigenvalue weighted by Gasteiger charge is -2.08. The van der Waals surface area contributed by atoms with Crippen molar-refractivity contribution in [1.29, 1.82) is 0 Å². The van der Waals surface area contributed by atoms with Gasteiger partial charge in [-0.3, -0.25) is 9.48 Å². The van der Waals surface area contributed by atoms with Gasteiger partial charge < -0.3 is 10.2 Å². The van der Waals surface area contributed by atoms with E-state index in [2.05, 4.69) is 22.3 Å². The lowest BCUT2D eigenvalue weighted by Crippen LogP contribution is -2.25. The largest absolute Gasteiger partial charge is 0.353 e. The monoisotopic (exact) mass is 388 g/mol. The third kappa shape index (κ3) is 6.43. The molecule has 0 saturated heterocycles. The first-order valence-electron chi connectivity index (χ1n) is 9.89. The quantitative estimate of drug-likeness (QED) is 0.449. The van der Waals surface area contributed by atoms with Crippen molar-refractivity contribution in [2.24, 2.45) is 0 Å². The zero-order valence-electron chi connectivity index (χ0n) is 17.1. The standard InChI is InChI=1S/C24H28N4O/c1-27(2)17-9-16-25-23(29)15-14-22-19-28(18-20-10-5-3-6-11-20)26-24(22)21-12-7-4-8-13-21/h3-8,10-15,19H,9,16-18H2,1-2H3,(H,25,29). The second kappa shape index (κ2) is 10.4. The minimum atomic E-state index is -0.0847. The maximum atomic E-state index is 12.2. The number of carbonyl (C=O) groups excluding carboxylic acids is 1. The fourth-order valence-corrected chi connectivity index (χ4v) is 3.06. The smallest absolute Gasteiger partial charge is 0.244 e. The first-order chi connectivity index (χ1) is 14.1. The number of hydrogen-bond donors (Lipinski definition) is 1. The normalized spacial score (nSPS) is 11.3. The molecule has 1 heterocycles. The van der Waals surface area contributed by atoms with Gasteiger partial charge >= 0.3 is 0 Å². The topological polar surface area (TPSA) is 50.2 Å². The third-order valence-electron chi connectivity index (χ3n) is 4.52. The average Bonchev–Trinajstić information content (AvgIpc) is 3.13. The predicted octanol–water partition coefficient (Wildman–Crippen LogP) is 3.68. The van der Waals surface area contributed by atoms with Crippen molar-refractivity contribution in [3.8, 4) is 11.3 Å². The van der Waals surface area contributed by atoms with Crippen molar-refractivity contribution >= 4 is 12.0 Å². The third-order valence-corrected chi connectivity index (χ3v) is 4.52. The molecular formula is C24H28N4O. The van der Waals surface area contributed by atoms with E-state index in [4.69, 9.17) is 5.10 Å². The van der Waals surface area contributed by atoms with E-state index in [0.717, 1.165) is 29.8 Å². The molecule has 1 N–H and O–H groups in total. The van der Waals surface area contributed by atoms with E-state index in [9.17, 15) is 4.79 Å². The number of nitrogens with one attached hydrogen (secondary N) is 1. The Kier molecular flexibility index (Phi) is 7.36. The molecule has 29 heavy (non-hydrogen) atoms. The SMILES string of the molecule is CN(C)CCCNC(=O)C=Cc1cn(Cc2ccccc2)nc1-c1ccccc1. The molecule has 5 nitrogen and oxygen atoms in total. The van der Waals surface area contributed by atoms with E-state index >= 15 is 0 Å². The molecule has 3 rings (SSSR count). The van der Waals surface area contributed by atoms with E-state index in [1.165, 1.54) is 5.56 Å². The number of hydrogen-bond acceptors (Lipinski definition) is 3. The summed E-state index contributed by atoms with van der Waals surface area (Å²) < 4.78 is 1.92. The van der Waals surface area contributed by atoms with Gasteiger partial charge in [-0.2, -0.15) is 5.10 Å². The van der Waals surface area contributed by atoms with E-state index in [1.54, 1.807) is 6.08 Å².